The Bertz CT molecular complexity index is 727. The number of benzene rings is 1. The molecule has 8 nitrogen and oxygen atoms in total. The van der Waals surface area contributed by atoms with Crippen molar-refractivity contribution in [3.05, 3.63) is 29.3 Å². The molecule has 1 heterocycles. The maximum atomic E-state index is 12.7. The highest BCUT2D eigenvalue weighted by atomic mass is 16.5. The minimum atomic E-state index is -0.631. The number of methoxy groups -OCH3 is 1. The van der Waals surface area contributed by atoms with Crippen LogP contribution in [0.5, 0.6) is 5.75 Å². The van der Waals surface area contributed by atoms with Gasteiger partial charge in [-0.05, 0) is 30.5 Å². The predicted molar refractivity (Wildman–Crippen MR) is 106 cm³/mol. The summed E-state index contributed by atoms with van der Waals surface area (Å²) in [5.74, 6) is 0.0977. The number of aryl methyl sites for hydroxylation is 1. The maximum absolute atomic E-state index is 12.7. The van der Waals surface area contributed by atoms with Gasteiger partial charge in [0.2, 0.25) is 11.8 Å². The predicted octanol–water partition coefficient (Wildman–Crippen LogP) is 0.388. The number of ether oxygens (including phenoxy) is 1. The zero-order chi connectivity index (χ0) is 20.8. The summed E-state index contributed by atoms with van der Waals surface area (Å²) in [5, 5.41) is 2.59. The van der Waals surface area contributed by atoms with Crippen molar-refractivity contribution in [1.29, 1.82) is 0 Å². The first kappa shape index (κ1) is 21.7. The topological polar surface area (TPSA) is 105 Å². The highest BCUT2D eigenvalue weighted by Crippen LogP contribution is 2.20. The van der Waals surface area contributed by atoms with Gasteiger partial charge in [-0.1, -0.05) is 19.9 Å². The third-order valence-corrected chi connectivity index (χ3v) is 5.01. The van der Waals surface area contributed by atoms with E-state index >= 15 is 0 Å². The standard InChI is InChI=1S/C20H30N4O4/c1-13(2)18(21)19(26)22-12-17(25)23-7-9-24(10-8-23)20(27)15-6-5-14(3)16(11-15)28-4/h5-6,11,13,18H,7-10,12,21H2,1-4H3,(H,22,26)/t18-/m0/s1. The fourth-order valence-electron chi connectivity index (χ4n) is 2.99. The minimum absolute atomic E-state index is 0.00468. The van der Waals surface area contributed by atoms with Gasteiger partial charge in [0.05, 0.1) is 19.7 Å². The number of amides is 3. The van der Waals surface area contributed by atoms with Crippen LogP contribution < -0.4 is 15.8 Å². The van der Waals surface area contributed by atoms with E-state index in [1.165, 1.54) is 0 Å². The van der Waals surface area contributed by atoms with Crippen LogP contribution in [0.4, 0.5) is 0 Å². The largest absolute Gasteiger partial charge is 0.496 e. The molecule has 1 atom stereocenters. The normalized spacial score (nSPS) is 15.4. The average Bonchev–Trinajstić information content (AvgIpc) is 2.71. The number of piperazine rings is 1. The van der Waals surface area contributed by atoms with Gasteiger partial charge in [-0.25, -0.2) is 0 Å². The Morgan fingerprint density at radius 3 is 2.32 bits per heavy atom. The molecule has 0 saturated carbocycles. The van der Waals surface area contributed by atoms with Crippen LogP contribution in [0.2, 0.25) is 0 Å². The van der Waals surface area contributed by atoms with Crippen molar-refractivity contribution in [2.24, 2.45) is 11.7 Å². The maximum Gasteiger partial charge on any atom is 0.254 e. The van der Waals surface area contributed by atoms with Gasteiger partial charge in [0.15, 0.2) is 0 Å². The van der Waals surface area contributed by atoms with Crippen LogP contribution in [-0.2, 0) is 9.59 Å². The molecule has 2 rings (SSSR count). The van der Waals surface area contributed by atoms with E-state index in [9.17, 15) is 14.4 Å². The number of rotatable bonds is 6. The zero-order valence-electron chi connectivity index (χ0n) is 17.0. The van der Waals surface area contributed by atoms with E-state index in [0.29, 0.717) is 37.5 Å². The van der Waals surface area contributed by atoms with Crippen molar-refractivity contribution in [1.82, 2.24) is 15.1 Å². The van der Waals surface area contributed by atoms with Crippen molar-refractivity contribution in [3.8, 4) is 5.75 Å². The second-order valence-electron chi connectivity index (χ2n) is 7.34. The fraction of sp³-hybridized carbons (Fsp3) is 0.550. The lowest BCUT2D eigenvalue weighted by Crippen LogP contribution is -2.53. The molecule has 0 aliphatic carbocycles. The first-order chi connectivity index (χ1) is 13.2. The first-order valence-electron chi connectivity index (χ1n) is 9.49. The van der Waals surface area contributed by atoms with Gasteiger partial charge >= 0.3 is 0 Å². The number of carbonyl (C=O) groups is 3. The third-order valence-electron chi connectivity index (χ3n) is 5.01. The van der Waals surface area contributed by atoms with Crippen LogP contribution in [0.25, 0.3) is 0 Å². The Balaban J connectivity index is 1.86. The van der Waals surface area contributed by atoms with Gasteiger partial charge in [0.25, 0.3) is 5.91 Å². The molecule has 154 valence electrons. The van der Waals surface area contributed by atoms with Crippen molar-refractivity contribution >= 4 is 17.7 Å². The van der Waals surface area contributed by atoms with Crippen molar-refractivity contribution < 1.29 is 19.1 Å². The molecule has 1 fully saturated rings. The lowest BCUT2D eigenvalue weighted by Gasteiger charge is -2.35. The molecule has 1 aliphatic rings. The van der Waals surface area contributed by atoms with Crippen LogP contribution in [0.1, 0.15) is 29.8 Å². The summed E-state index contributed by atoms with van der Waals surface area (Å²) >= 11 is 0. The smallest absolute Gasteiger partial charge is 0.254 e. The average molecular weight is 390 g/mol. The molecule has 3 N–H and O–H groups in total. The molecular formula is C20H30N4O4. The Kier molecular flexibility index (Phi) is 7.39. The van der Waals surface area contributed by atoms with Crippen LogP contribution in [0.3, 0.4) is 0 Å². The molecule has 0 spiro atoms. The number of nitrogens with one attached hydrogen (secondary N) is 1. The van der Waals surface area contributed by atoms with E-state index in [1.54, 1.807) is 29.0 Å². The van der Waals surface area contributed by atoms with Crippen molar-refractivity contribution in [3.63, 3.8) is 0 Å². The number of nitrogens with two attached hydrogens (primary N) is 1. The summed E-state index contributed by atoms with van der Waals surface area (Å²) < 4.78 is 5.28. The molecular weight excluding hydrogens is 360 g/mol. The highest BCUT2D eigenvalue weighted by Gasteiger charge is 2.26. The van der Waals surface area contributed by atoms with Crippen LogP contribution in [0.15, 0.2) is 18.2 Å². The van der Waals surface area contributed by atoms with E-state index in [-0.39, 0.29) is 30.2 Å². The Morgan fingerprint density at radius 1 is 1.14 bits per heavy atom. The van der Waals surface area contributed by atoms with Gasteiger partial charge in [-0.15, -0.1) is 0 Å². The third kappa shape index (κ3) is 5.22. The molecule has 1 aromatic rings. The Morgan fingerprint density at radius 2 is 1.75 bits per heavy atom. The molecule has 0 radical (unpaired) electrons. The second kappa shape index (κ2) is 9.54. The number of nitrogens with zero attached hydrogens (tertiary/aromatic N) is 2. The Labute approximate surface area is 166 Å². The molecule has 0 bridgehead atoms. The molecule has 1 saturated heterocycles. The summed E-state index contributed by atoms with van der Waals surface area (Å²) in [7, 11) is 1.58. The number of hydrogen-bond donors (Lipinski definition) is 2. The summed E-state index contributed by atoms with van der Waals surface area (Å²) in [6, 6.07) is 4.75. The number of carbonyl (C=O) groups excluding carboxylic acids is 3. The molecule has 0 unspecified atom stereocenters. The summed E-state index contributed by atoms with van der Waals surface area (Å²) in [5.41, 5.74) is 7.30. The summed E-state index contributed by atoms with van der Waals surface area (Å²) in [6.45, 7) is 7.30. The lowest BCUT2D eigenvalue weighted by atomic mass is 10.1. The lowest BCUT2D eigenvalue weighted by molar-refractivity contribution is -0.134. The summed E-state index contributed by atoms with van der Waals surface area (Å²) in [6.07, 6.45) is 0. The Hall–Kier alpha value is -2.61. The van der Waals surface area contributed by atoms with Crippen molar-refractivity contribution in [2.45, 2.75) is 26.8 Å². The van der Waals surface area contributed by atoms with Crippen molar-refractivity contribution in [2.75, 3.05) is 39.8 Å². The van der Waals surface area contributed by atoms with E-state index in [2.05, 4.69) is 5.32 Å². The van der Waals surface area contributed by atoms with Gasteiger partial charge in [0.1, 0.15) is 5.75 Å². The van der Waals surface area contributed by atoms with E-state index in [1.807, 2.05) is 26.8 Å². The van der Waals surface area contributed by atoms with E-state index in [4.69, 9.17) is 10.5 Å². The van der Waals surface area contributed by atoms with Crippen LogP contribution in [0, 0.1) is 12.8 Å². The molecule has 0 aromatic heterocycles. The first-order valence-corrected chi connectivity index (χ1v) is 9.49. The quantitative estimate of drug-likeness (QED) is 0.731. The zero-order valence-corrected chi connectivity index (χ0v) is 17.0. The number of hydrogen-bond acceptors (Lipinski definition) is 5. The molecule has 28 heavy (non-hydrogen) atoms. The van der Waals surface area contributed by atoms with Gasteiger partial charge in [0, 0.05) is 31.7 Å². The summed E-state index contributed by atoms with van der Waals surface area (Å²) in [4.78, 5) is 40.3. The second-order valence-corrected chi connectivity index (χ2v) is 7.34. The monoisotopic (exact) mass is 390 g/mol. The molecule has 8 heteroatoms. The highest BCUT2D eigenvalue weighted by molar-refractivity contribution is 5.95. The van der Waals surface area contributed by atoms with Gasteiger partial charge < -0.3 is 25.6 Å². The van der Waals surface area contributed by atoms with Gasteiger partial charge in [-0.3, -0.25) is 14.4 Å². The molecule has 1 aromatic carbocycles. The fourth-order valence-corrected chi connectivity index (χ4v) is 2.99. The van der Waals surface area contributed by atoms with Crippen LogP contribution >= 0.6 is 0 Å². The SMILES string of the molecule is COc1cc(C(=O)N2CCN(C(=O)CNC(=O)[C@@H](N)C(C)C)CC2)ccc1C. The van der Waals surface area contributed by atoms with Crippen LogP contribution in [-0.4, -0.2) is 73.4 Å². The minimum Gasteiger partial charge on any atom is -0.496 e. The van der Waals surface area contributed by atoms with Gasteiger partial charge in [-0.2, -0.15) is 0 Å². The van der Waals surface area contributed by atoms with E-state index < -0.39 is 6.04 Å². The molecule has 3 amide bonds. The molecule has 1 aliphatic heterocycles. The van der Waals surface area contributed by atoms with E-state index in [0.717, 1.165) is 5.56 Å².